The summed E-state index contributed by atoms with van der Waals surface area (Å²) >= 11 is 0. The van der Waals surface area contributed by atoms with Gasteiger partial charge in [-0.2, -0.15) is 0 Å². The van der Waals surface area contributed by atoms with Gasteiger partial charge in [0.25, 0.3) is 0 Å². The van der Waals surface area contributed by atoms with Gasteiger partial charge in [-0.05, 0) is 47.0 Å². The SMILES string of the molecule is CC(C)(N)CCOC(C)(C)CCCO. The van der Waals surface area contributed by atoms with E-state index >= 15 is 0 Å². The summed E-state index contributed by atoms with van der Waals surface area (Å²) in [6.45, 7) is 9.00. The Morgan fingerprint density at radius 1 is 1.14 bits per heavy atom. The third kappa shape index (κ3) is 8.48. The minimum absolute atomic E-state index is 0.145. The van der Waals surface area contributed by atoms with Crippen molar-refractivity contribution in [3.8, 4) is 0 Å². The van der Waals surface area contributed by atoms with E-state index in [4.69, 9.17) is 15.6 Å². The van der Waals surface area contributed by atoms with Gasteiger partial charge in [0.2, 0.25) is 0 Å². The van der Waals surface area contributed by atoms with E-state index in [1.54, 1.807) is 0 Å². The zero-order valence-electron chi connectivity index (χ0n) is 9.97. The van der Waals surface area contributed by atoms with Crippen LogP contribution in [0.3, 0.4) is 0 Å². The molecule has 86 valence electrons. The lowest BCUT2D eigenvalue weighted by Gasteiger charge is -2.27. The first-order chi connectivity index (χ1) is 6.27. The maximum absolute atomic E-state index is 8.71. The number of hydrogen-bond acceptors (Lipinski definition) is 3. The Hall–Kier alpha value is -0.120. The molecule has 0 aromatic carbocycles. The van der Waals surface area contributed by atoms with Gasteiger partial charge < -0.3 is 15.6 Å². The molecule has 0 aliphatic heterocycles. The molecule has 0 aromatic rings. The minimum atomic E-state index is -0.160. The molecular weight excluding hydrogens is 178 g/mol. The number of hydrogen-bond donors (Lipinski definition) is 2. The Labute approximate surface area is 87.6 Å². The van der Waals surface area contributed by atoms with Crippen LogP contribution in [0.5, 0.6) is 0 Å². The van der Waals surface area contributed by atoms with E-state index in [1.165, 1.54) is 0 Å². The maximum atomic E-state index is 8.71. The van der Waals surface area contributed by atoms with Crippen molar-refractivity contribution in [1.82, 2.24) is 0 Å². The molecule has 3 nitrogen and oxygen atoms in total. The average Bonchev–Trinajstić information content (AvgIpc) is 1.98. The molecule has 0 radical (unpaired) electrons. The van der Waals surface area contributed by atoms with Crippen LogP contribution < -0.4 is 5.73 Å². The first kappa shape index (κ1) is 13.9. The molecule has 3 N–H and O–H groups in total. The van der Waals surface area contributed by atoms with E-state index in [1.807, 2.05) is 27.7 Å². The van der Waals surface area contributed by atoms with Gasteiger partial charge in [-0.15, -0.1) is 0 Å². The predicted octanol–water partition coefficient (Wildman–Crippen LogP) is 1.68. The van der Waals surface area contributed by atoms with Crippen LogP contribution in [-0.2, 0) is 4.74 Å². The van der Waals surface area contributed by atoms with E-state index in [0.29, 0.717) is 6.61 Å². The summed E-state index contributed by atoms with van der Waals surface area (Å²) in [6, 6.07) is 0. The Balaban J connectivity index is 3.65. The summed E-state index contributed by atoms with van der Waals surface area (Å²) in [5, 5.41) is 8.71. The molecule has 0 aliphatic rings. The zero-order chi connectivity index (χ0) is 11.2. The monoisotopic (exact) mass is 203 g/mol. The molecule has 3 heteroatoms. The summed E-state index contributed by atoms with van der Waals surface area (Å²) < 4.78 is 5.72. The maximum Gasteiger partial charge on any atom is 0.0627 e. The van der Waals surface area contributed by atoms with Crippen LogP contribution in [0.1, 0.15) is 47.0 Å². The molecule has 0 rings (SSSR count). The highest BCUT2D eigenvalue weighted by Crippen LogP contribution is 2.17. The van der Waals surface area contributed by atoms with Crippen LogP contribution in [0.2, 0.25) is 0 Å². The normalized spacial score (nSPS) is 13.3. The fraction of sp³-hybridized carbons (Fsp3) is 1.00. The summed E-state index contributed by atoms with van der Waals surface area (Å²) in [6.07, 6.45) is 2.53. The first-order valence-corrected chi connectivity index (χ1v) is 5.30. The molecule has 0 aliphatic carbocycles. The van der Waals surface area contributed by atoms with Gasteiger partial charge in [0.1, 0.15) is 0 Å². The van der Waals surface area contributed by atoms with Crippen LogP contribution in [0.25, 0.3) is 0 Å². The number of ether oxygens (including phenoxy) is 1. The fourth-order valence-corrected chi connectivity index (χ4v) is 1.17. The standard InChI is InChI=1S/C11H25NO2/c1-10(2,12)7-9-14-11(3,4)6-5-8-13/h13H,5-9,12H2,1-4H3. The summed E-state index contributed by atoms with van der Waals surface area (Å²) in [4.78, 5) is 0. The number of rotatable bonds is 7. The smallest absolute Gasteiger partial charge is 0.0627 e. The van der Waals surface area contributed by atoms with E-state index in [-0.39, 0.29) is 17.7 Å². The lowest BCUT2D eigenvalue weighted by Crippen LogP contribution is -2.35. The summed E-state index contributed by atoms with van der Waals surface area (Å²) in [7, 11) is 0. The highest BCUT2D eigenvalue weighted by molar-refractivity contribution is 4.73. The van der Waals surface area contributed by atoms with Gasteiger partial charge in [0, 0.05) is 18.8 Å². The van der Waals surface area contributed by atoms with Crippen molar-refractivity contribution < 1.29 is 9.84 Å². The van der Waals surface area contributed by atoms with Crippen molar-refractivity contribution >= 4 is 0 Å². The quantitative estimate of drug-likeness (QED) is 0.662. The molecule has 14 heavy (non-hydrogen) atoms. The largest absolute Gasteiger partial charge is 0.396 e. The molecule has 0 saturated heterocycles. The van der Waals surface area contributed by atoms with Crippen molar-refractivity contribution in [2.75, 3.05) is 13.2 Å². The third-order valence-corrected chi connectivity index (χ3v) is 2.18. The molecule has 0 amide bonds. The Morgan fingerprint density at radius 3 is 2.14 bits per heavy atom. The molecule has 0 atom stereocenters. The molecule has 0 spiro atoms. The van der Waals surface area contributed by atoms with Gasteiger partial charge in [-0.1, -0.05) is 0 Å². The Bertz CT molecular complexity index is 150. The van der Waals surface area contributed by atoms with Crippen LogP contribution in [0.4, 0.5) is 0 Å². The fourth-order valence-electron chi connectivity index (χ4n) is 1.17. The van der Waals surface area contributed by atoms with Crippen LogP contribution in [0, 0.1) is 0 Å². The molecule has 0 bridgehead atoms. The topological polar surface area (TPSA) is 55.5 Å². The van der Waals surface area contributed by atoms with E-state index < -0.39 is 0 Å². The van der Waals surface area contributed by atoms with Gasteiger partial charge in [-0.3, -0.25) is 0 Å². The van der Waals surface area contributed by atoms with Gasteiger partial charge in [0.05, 0.1) is 5.60 Å². The van der Waals surface area contributed by atoms with Gasteiger partial charge >= 0.3 is 0 Å². The number of nitrogens with two attached hydrogens (primary N) is 1. The highest BCUT2D eigenvalue weighted by Gasteiger charge is 2.19. The lowest BCUT2D eigenvalue weighted by molar-refractivity contribution is -0.0324. The summed E-state index contributed by atoms with van der Waals surface area (Å²) in [5.41, 5.74) is 5.54. The average molecular weight is 203 g/mol. The number of aliphatic hydroxyl groups is 1. The number of aliphatic hydroxyl groups excluding tert-OH is 1. The second kappa shape index (κ2) is 5.69. The van der Waals surface area contributed by atoms with Crippen molar-refractivity contribution in [2.24, 2.45) is 5.73 Å². The summed E-state index contributed by atoms with van der Waals surface area (Å²) in [5.74, 6) is 0. The van der Waals surface area contributed by atoms with Crippen molar-refractivity contribution in [3.05, 3.63) is 0 Å². The molecule has 0 saturated carbocycles. The predicted molar refractivity (Wildman–Crippen MR) is 59.2 cm³/mol. The molecular formula is C11H25NO2. The van der Waals surface area contributed by atoms with Crippen LogP contribution >= 0.6 is 0 Å². The minimum Gasteiger partial charge on any atom is -0.396 e. The lowest BCUT2D eigenvalue weighted by atomic mass is 10.0. The van der Waals surface area contributed by atoms with Gasteiger partial charge in [0.15, 0.2) is 0 Å². The Kier molecular flexibility index (Phi) is 5.64. The second-order valence-electron chi connectivity index (χ2n) is 5.17. The van der Waals surface area contributed by atoms with Crippen molar-refractivity contribution in [1.29, 1.82) is 0 Å². The second-order valence-corrected chi connectivity index (χ2v) is 5.17. The molecule has 0 fully saturated rings. The first-order valence-electron chi connectivity index (χ1n) is 5.30. The molecule has 0 aromatic heterocycles. The van der Waals surface area contributed by atoms with E-state index in [0.717, 1.165) is 19.3 Å². The van der Waals surface area contributed by atoms with Crippen LogP contribution in [0.15, 0.2) is 0 Å². The van der Waals surface area contributed by atoms with Gasteiger partial charge in [-0.25, -0.2) is 0 Å². The third-order valence-electron chi connectivity index (χ3n) is 2.18. The molecule has 0 unspecified atom stereocenters. The van der Waals surface area contributed by atoms with Crippen molar-refractivity contribution in [2.45, 2.75) is 58.1 Å². The zero-order valence-corrected chi connectivity index (χ0v) is 9.97. The molecule has 0 heterocycles. The van der Waals surface area contributed by atoms with E-state index in [2.05, 4.69) is 0 Å². The Morgan fingerprint density at radius 2 is 1.71 bits per heavy atom. The van der Waals surface area contributed by atoms with E-state index in [9.17, 15) is 0 Å². The highest BCUT2D eigenvalue weighted by atomic mass is 16.5. The van der Waals surface area contributed by atoms with Crippen LogP contribution in [-0.4, -0.2) is 29.5 Å². The van der Waals surface area contributed by atoms with Crippen molar-refractivity contribution in [3.63, 3.8) is 0 Å².